The Balaban J connectivity index is 2.01. The van der Waals surface area contributed by atoms with Crippen LogP contribution in [0, 0.1) is 0 Å². The Hall–Kier alpha value is -2.06. The van der Waals surface area contributed by atoms with Crippen LogP contribution in [0.2, 0.25) is 5.02 Å². The van der Waals surface area contributed by atoms with Crippen molar-refractivity contribution in [2.24, 2.45) is 0 Å². The number of fused-ring (bicyclic) bond motifs is 1. The summed E-state index contributed by atoms with van der Waals surface area (Å²) in [5.41, 5.74) is 0.364. The number of carbonyl (C=O) groups excluding carboxylic acids is 2. The highest BCUT2D eigenvalue weighted by Crippen LogP contribution is 2.37. The Morgan fingerprint density at radius 2 is 2.10 bits per heavy atom. The molecule has 1 aliphatic heterocycles. The maximum Gasteiger partial charge on any atom is 0.343 e. The molecule has 0 aliphatic carbocycles. The Morgan fingerprint density at radius 1 is 1.33 bits per heavy atom. The number of hydrogen-bond donors (Lipinski definition) is 2. The van der Waals surface area contributed by atoms with Gasteiger partial charge in [-0.1, -0.05) is 11.6 Å². The lowest BCUT2D eigenvalue weighted by atomic mass is 10.1. The van der Waals surface area contributed by atoms with Gasteiger partial charge in [-0.2, -0.15) is 0 Å². The molecule has 1 aliphatic rings. The summed E-state index contributed by atoms with van der Waals surface area (Å²) in [4.78, 5) is 35.0. The van der Waals surface area contributed by atoms with E-state index in [0.29, 0.717) is 27.3 Å². The molecule has 21 heavy (non-hydrogen) atoms. The third-order valence-electron chi connectivity index (χ3n) is 3.01. The molecule has 0 spiro atoms. The van der Waals surface area contributed by atoms with Gasteiger partial charge in [0.1, 0.15) is 0 Å². The molecule has 0 saturated carbocycles. The highest BCUT2D eigenvalue weighted by atomic mass is 35.5. The van der Waals surface area contributed by atoms with E-state index in [4.69, 9.17) is 11.6 Å². The average Bonchev–Trinajstić information content (AvgIpc) is 2.93. The van der Waals surface area contributed by atoms with E-state index in [9.17, 15) is 14.4 Å². The predicted octanol–water partition coefficient (Wildman–Crippen LogP) is 1.53. The number of rotatable bonds is 3. The van der Waals surface area contributed by atoms with Crippen molar-refractivity contribution in [2.45, 2.75) is 23.5 Å². The minimum absolute atomic E-state index is 0.254. The molecule has 0 saturated heterocycles. The highest BCUT2D eigenvalue weighted by molar-refractivity contribution is 7.99. The molecule has 9 heteroatoms. The van der Waals surface area contributed by atoms with E-state index in [-0.39, 0.29) is 11.3 Å². The molecular weight excluding hydrogens is 316 g/mol. The molecule has 2 N–H and O–H groups in total. The largest absolute Gasteiger partial charge is 0.343 e. The maximum absolute atomic E-state index is 11.6. The van der Waals surface area contributed by atoms with Crippen molar-refractivity contribution in [3.8, 4) is 0 Å². The number of anilines is 1. The summed E-state index contributed by atoms with van der Waals surface area (Å²) in [6, 6.07) is 3.05. The van der Waals surface area contributed by atoms with Crippen molar-refractivity contribution in [1.82, 2.24) is 14.8 Å². The van der Waals surface area contributed by atoms with Gasteiger partial charge in [-0.05, 0) is 30.8 Å². The van der Waals surface area contributed by atoms with Gasteiger partial charge in [0.15, 0.2) is 5.16 Å². The van der Waals surface area contributed by atoms with Crippen molar-refractivity contribution in [1.29, 1.82) is 0 Å². The van der Waals surface area contributed by atoms with E-state index in [1.165, 1.54) is 22.4 Å². The second-order valence-electron chi connectivity index (χ2n) is 4.27. The number of Topliss-reactive ketones (excluding diaryl/α,β-unsaturated/α-hetero) is 1. The summed E-state index contributed by atoms with van der Waals surface area (Å²) in [5.74, 6) is -1.28. The number of halogens is 1. The van der Waals surface area contributed by atoms with E-state index in [0.717, 1.165) is 0 Å². The van der Waals surface area contributed by atoms with Crippen LogP contribution in [0.5, 0.6) is 0 Å². The molecule has 1 amide bonds. The van der Waals surface area contributed by atoms with Gasteiger partial charge in [-0.3, -0.25) is 14.2 Å². The third-order valence-corrected chi connectivity index (χ3v) is 4.49. The van der Waals surface area contributed by atoms with Crippen LogP contribution in [0.4, 0.5) is 5.69 Å². The van der Waals surface area contributed by atoms with Crippen LogP contribution >= 0.6 is 23.4 Å². The molecule has 1 aromatic carbocycles. The van der Waals surface area contributed by atoms with E-state index < -0.39 is 11.7 Å². The van der Waals surface area contributed by atoms with Crippen LogP contribution in [0.1, 0.15) is 17.3 Å². The first-order valence-corrected chi connectivity index (χ1v) is 7.23. The third kappa shape index (κ3) is 2.26. The molecule has 1 aromatic heterocycles. The maximum atomic E-state index is 11.6. The summed E-state index contributed by atoms with van der Waals surface area (Å²) in [6.45, 7) is 2.29. The molecule has 0 atom stereocenters. The lowest BCUT2D eigenvalue weighted by Crippen LogP contribution is -2.16. The molecular formula is C12H9ClN4O3S. The Labute approximate surface area is 127 Å². The molecule has 0 unspecified atom stereocenters. The van der Waals surface area contributed by atoms with Gasteiger partial charge >= 0.3 is 5.69 Å². The lowest BCUT2D eigenvalue weighted by Gasteiger charge is -2.06. The summed E-state index contributed by atoms with van der Waals surface area (Å²) < 4.78 is 1.46. The number of carbonyl (C=O) groups is 2. The van der Waals surface area contributed by atoms with E-state index in [1.807, 2.05) is 6.92 Å². The zero-order valence-corrected chi connectivity index (χ0v) is 12.3. The summed E-state index contributed by atoms with van der Waals surface area (Å²) in [7, 11) is 0. The van der Waals surface area contributed by atoms with Gasteiger partial charge < -0.3 is 5.32 Å². The molecule has 2 heterocycles. The molecule has 0 radical (unpaired) electrons. The van der Waals surface area contributed by atoms with E-state index in [2.05, 4.69) is 15.5 Å². The number of H-pyrrole nitrogens is 1. The summed E-state index contributed by atoms with van der Waals surface area (Å²) in [6.07, 6.45) is 0. The fourth-order valence-electron chi connectivity index (χ4n) is 1.98. The van der Waals surface area contributed by atoms with Gasteiger partial charge in [0, 0.05) is 11.4 Å². The monoisotopic (exact) mass is 324 g/mol. The van der Waals surface area contributed by atoms with Gasteiger partial charge in [0.2, 0.25) is 0 Å². The second-order valence-corrected chi connectivity index (χ2v) is 5.69. The average molecular weight is 325 g/mol. The summed E-state index contributed by atoms with van der Waals surface area (Å²) >= 11 is 7.32. The quantitative estimate of drug-likeness (QED) is 0.835. The van der Waals surface area contributed by atoms with Crippen LogP contribution < -0.4 is 11.0 Å². The number of ketones is 1. The number of aromatic nitrogens is 3. The lowest BCUT2D eigenvalue weighted by molar-refractivity contribution is -0.112. The minimum Gasteiger partial charge on any atom is -0.318 e. The van der Waals surface area contributed by atoms with Crippen LogP contribution in [0.15, 0.2) is 27.0 Å². The van der Waals surface area contributed by atoms with Gasteiger partial charge in [-0.15, -0.1) is 5.10 Å². The number of hydrogen-bond acceptors (Lipinski definition) is 5. The number of benzene rings is 1. The Morgan fingerprint density at radius 3 is 2.81 bits per heavy atom. The van der Waals surface area contributed by atoms with Crippen LogP contribution in [0.25, 0.3) is 0 Å². The van der Waals surface area contributed by atoms with E-state index >= 15 is 0 Å². The Kier molecular flexibility index (Phi) is 3.34. The van der Waals surface area contributed by atoms with Crippen molar-refractivity contribution in [3.05, 3.63) is 33.2 Å². The van der Waals surface area contributed by atoms with Crippen LogP contribution in [-0.4, -0.2) is 26.5 Å². The number of nitrogens with one attached hydrogen (secondary N) is 2. The molecule has 108 valence electrons. The second kappa shape index (κ2) is 5.05. The SMILES string of the molecule is CCn1c(Sc2cc3c(cc2Cl)C(=O)C(=O)N3)n[nH]c1=O. The van der Waals surface area contributed by atoms with Crippen LogP contribution in [0.3, 0.4) is 0 Å². The van der Waals surface area contributed by atoms with Crippen molar-refractivity contribution in [2.75, 3.05) is 5.32 Å². The van der Waals surface area contributed by atoms with Gasteiger partial charge in [0.05, 0.1) is 16.3 Å². The minimum atomic E-state index is -0.673. The molecule has 3 rings (SSSR count). The molecule has 0 bridgehead atoms. The van der Waals surface area contributed by atoms with Gasteiger partial charge in [0.25, 0.3) is 11.7 Å². The predicted molar refractivity (Wildman–Crippen MR) is 77.1 cm³/mol. The number of aromatic amines is 1. The summed E-state index contributed by atoms with van der Waals surface area (Å²) in [5, 5.41) is 9.54. The molecule has 0 fully saturated rings. The van der Waals surface area contributed by atoms with Gasteiger partial charge in [-0.25, -0.2) is 9.89 Å². The number of nitrogens with zero attached hydrogens (tertiary/aromatic N) is 2. The first-order chi connectivity index (χ1) is 10.0. The fourth-order valence-corrected chi connectivity index (χ4v) is 3.21. The molecule has 7 nitrogen and oxygen atoms in total. The topological polar surface area (TPSA) is 96.8 Å². The first kappa shape index (κ1) is 13.9. The van der Waals surface area contributed by atoms with Crippen molar-refractivity contribution < 1.29 is 9.59 Å². The van der Waals surface area contributed by atoms with Crippen molar-refractivity contribution >= 4 is 40.7 Å². The highest BCUT2D eigenvalue weighted by Gasteiger charge is 2.29. The Bertz CT molecular complexity index is 826. The van der Waals surface area contributed by atoms with Crippen LogP contribution in [-0.2, 0) is 11.3 Å². The normalized spacial score (nSPS) is 13.4. The fraction of sp³-hybridized carbons (Fsp3) is 0.167. The zero-order valence-electron chi connectivity index (χ0n) is 10.8. The van der Waals surface area contributed by atoms with Crippen molar-refractivity contribution in [3.63, 3.8) is 0 Å². The van der Waals surface area contributed by atoms with E-state index in [1.54, 1.807) is 6.07 Å². The number of amides is 1. The standard InChI is InChI=1S/C12H9ClN4O3S/c1-2-17-11(20)15-16-12(17)21-8-4-7-5(3-6(8)13)9(18)10(19)14-7/h3-4H,2H2,1H3,(H,15,20)(H,14,18,19). The smallest absolute Gasteiger partial charge is 0.318 e. The zero-order chi connectivity index (χ0) is 15.1. The first-order valence-electron chi connectivity index (χ1n) is 6.03. The molecule has 2 aromatic rings.